The molecule has 0 aliphatic heterocycles. The van der Waals surface area contributed by atoms with Crippen molar-refractivity contribution in [2.45, 2.75) is 0 Å². The third-order valence-electron chi connectivity index (χ3n) is 3.98. The molecule has 2 N–H and O–H groups in total. The lowest BCUT2D eigenvalue weighted by Gasteiger charge is -2.07. The fraction of sp³-hybridized carbons (Fsp3) is 0.105. The number of nitro benzene ring substituents is 1. The van der Waals surface area contributed by atoms with Crippen LogP contribution in [0.1, 0.15) is 20.7 Å². The third-order valence-corrected chi connectivity index (χ3v) is 4.31. The van der Waals surface area contributed by atoms with E-state index in [2.05, 4.69) is 15.7 Å². The molecule has 9 nitrogen and oxygen atoms in total. The van der Waals surface area contributed by atoms with Gasteiger partial charge in [0.2, 0.25) is 0 Å². The van der Waals surface area contributed by atoms with Crippen molar-refractivity contribution in [3.63, 3.8) is 0 Å². The Bertz CT molecular complexity index is 1050. The molecular weight excluding hydrogens is 398 g/mol. The van der Waals surface area contributed by atoms with Gasteiger partial charge in [0.15, 0.2) is 0 Å². The average molecular weight is 414 g/mol. The zero-order valence-corrected chi connectivity index (χ0v) is 15.8. The number of carbonyl (C=O) groups excluding carboxylic acids is 2. The predicted octanol–water partition coefficient (Wildman–Crippen LogP) is 2.59. The number of non-ortho nitro benzene ring substituents is 1. The molecule has 0 aliphatic carbocycles. The first-order valence-corrected chi connectivity index (χ1v) is 8.94. The SMILES string of the molecule is O=C(NCCNC(=O)c1ccccc1Cl)c1cnn(-c2ccc([N+](=O)[O-])cc2)c1. The second kappa shape index (κ2) is 8.98. The highest BCUT2D eigenvalue weighted by Crippen LogP contribution is 2.15. The van der Waals surface area contributed by atoms with Crippen LogP contribution in [0, 0.1) is 10.1 Å². The molecule has 1 aromatic heterocycles. The van der Waals surface area contributed by atoms with E-state index in [1.165, 1.54) is 41.3 Å². The van der Waals surface area contributed by atoms with E-state index in [4.69, 9.17) is 11.6 Å². The van der Waals surface area contributed by atoms with Gasteiger partial charge in [0.25, 0.3) is 17.5 Å². The Kier molecular flexibility index (Phi) is 6.20. The summed E-state index contributed by atoms with van der Waals surface area (Å²) < 4.78 is 1.44. The predicted molar refractivity (Wildman–Crippen MR) is 106 cm³/mol. The Balaban J connectivity index is 1.51. The first kappa shape index (κ1) is 20.0. The number of nitrogens with zero attached hydrogens (tertiary/aromatic N) is 3. The van der Waals surface area contributed by atoms with Crippen molar-refractivity contribution in [1.82, 2.24) is 20.4 Å². The maximum atomic E-state index is 12.2. The van der Waals surface area contributed by atoms with Crippen LogP contribution in [0.4, 0.5) is 5.69 Å². The number of amides is 2. The molecule has 10 heteroatoms. The maximum Gasteiger partial charge on any atom is 0.269 e. The number of hydrogen-bond acceptors (Lipinski definition) is 5. The van der Waals surface area contributed by atoms with Crippen LogP contribution in [0.15, 0.2) is 60.9 Å². The number of nitrogens with one attached hydrogen (secondary N) is 2. The van der Waals surface area contributed by atoms with Crippen LogP contribution in [0.3, 0.4) is 0 Å². The molecule has 3 aromatic rings. The van der Waals surface area contributed by atoms with Gasteiger partial charge >= 0.3 is 0 Å². The number of aromatic nitrogens is 2. The van der Waals surface area contributed by atoms with Crippen LogP contribution in [0.25, 0.3) is 5.69 Å². The van der Waals surface area contributed by atoms with Crippen LogP contribution >= 0.6 is 11.6 Å². The van der Waals surface area contributed by atoms with Crippen molar-refractivity contribution in [1.29, 1.82) is 0 Å². The number of carbonyl (C=O) groups is 2. The van der Waals surface area contributed by atoms with Gasteiger partial charge in [0, 0.05) is 31.4 Å². The quantitative estimate of drug-likeness (QED) is 0.350. The second-order valence-electron chi connectivity index (χ2n) is 5.94. The lowest BCUT2D eigenvalue weighted by Crippen LogP contribution is -2.34. The number of benzene rings is 2. The van der Waals surface area contributed by atoms with E-state index in [0.29, 0.717) is 21.8 Å². The highest BCUT2D eigenvalue weighted by molar-refractivity contribution is 6.33. The molecule has 0 spiro atoms. The standard InChI is InChI=1S/C19H16ClN5O4/c20-17-4-2-1-3-16(17)19(27)22-10-9-21-18(26)13-11-23-24(12-13)14-5-7-15(8-6-14)25(28)29/h1-8,11-12H,9-10H2,(H,21,26)(H,22,27). The highest BCUT2D eigenvalue weighted by Gasteiger charge is 2.12. The molecule has 0 atom stereocenters. The van der Waals surface area contributed by atoms with Gasteiger partial charge in [0.1, 0.15) is 0 Å². The van der Waals surface area contributed by atoms with Gasteiger partial charge < -0.3 is 10.6 Å². The molecule has 1 heterocycles. The summed E-state index contributed by atoms with van der Waals surface area (Å²) >= 11 is 5.97. The summed E-state index contributed by atoms with van der Waals surface area (Å²) in [7, 11) is 0. The van der Waals surface area contributed by atoms with Crippen molar-refractivity contribution in [3.05, 3.63) is 87.2 Å². The Hall–Kier alpha value is -3.72. The number of halogens is 1. The van der Waals surface area contributed by atoms with E-state index >= 15 is 0 Å². The van der Waals surface area contributed by atoms with Crippen LogP contribution in [-0.4, -0.2) is 39.6 Å². The largest absolute Gasteiger partial charge is 0.350 e. The van der Waals surface area contributed by atoms with Crippen molar-refractivity contribution in [2.75, 3.05) is 13.1 Å². The van der Waals surface area contributed by atoms with Crippen molar-refractivity contribution < 1.29 is 14.5 Å². The Morgan fingerprint density at radius 3 is 2.34 bits per heavy atom. The van der Waals surface area contributed by atoms with E-state index < -0.39 is 4.92 Å². The number of hydrogen-bond donors (Lipinski definition) is 2. The van der Waals surface area contributed by atoms with Crippen LogP contribution in [0.2, 0.25) is 5.02 Å². The monoisotopic (exact) mass is 413 g/mol. The summed E-state index contributed by atoms with van der Waals surface area (Å²) in [6, 6.07) is 12.5. The van der Waals surface area contributed by atoms with Gasteiger partial charge in [-0.1, -0.05) is 23.7 Å². The normalized spacial score (nSPS) is 10.4. The van der Waals surface area contributed by atoms with Crippen molar-refractivity contribution in [2.24, 2.45) is 0 Å². The van der Waals surface area contributed by atoms with Gasteiger partial charge in [0.05, 0.1) is 33.0 Å². The number of rotatable bonds is 7. The van der Waals surface area contributed by atoms with Gasteiger partial charge in [-0.2, -0.15) is 5.10 Å². The van der Waals surface area contributed by atoms with E-state index in [-0.39, 0.29) is 30.6 Å². The Labute approximate surface area is 170 Å². The molecule has 148 valence electrons. The van der Waals surface area contributed by atoms with Gasteiger partial charge in [-0.25, -0.2) is 4.68 Å². The van der Waals surface area contributed by atoms with E-state index in [1.54, 1.807) is 24.3 Å². The molecule has 0 radical (unpaired) electrons. The van der Waals surface area contributed by atoms with Crippen LogP contribution in [0.5, 0.6) is 0 Å². The van der Waals surface area contributed by atoms with Gasteiger partial charge in [-0.15, -0.1) is 0 Å². The lowest BCUT2D eigenvalue weighted by molar-refractivity contribution is -0.384. The molecule has 0 fully saturated rings. The molecule has 29 heavy (non-hydrogen) atoms. The summed E-state index contributed by atoms with van der Waals surface area (Å²) in [5, 5.41) is 20.5. The summed E-state index contributed by atoms with van der Waals surface area (Å²) in [6.45, 7) is 0.448. The smallest absolute Gasteiger partial charge is 0.269 e. The summed E-state index contributed by atoms with van der Waals surface area (Å²) in [4.78, 5) is 34.5. The lowest BCUT2D eigenvalue weighted by atomic mass is 10.2. The van der Waals surface area contributed by atoms with Crippen molar-refractivity contribution >= 4 is 29.1 Å². The van der Waals surface area contributed by atoms with E-state index in [1.807, 2.05) is 0 Å². The van der Waals surface area contributed by atoms with E-state index in [9.17, 15) is 19.7 Å². The van der Waals surface area contributed by atoms with E-state index in [0.717, 1.165) is 0 Å². The van der Waals surface area contributed by atoms with Crippen LogP contribution < -0.4 is 10.6 Å². The minimum Gasteiger partial charge on any atom is -0.350 e. The molecule has 0 saturated heterocycles. The van der Waals surface area contributed by atoms with Gasteiger partial charge in [-0.3, -0.25) is 19.7 Å². The zero-order chi connectivity index (χ0) is 20.8. The topological polar surface area (TPSA) is 119 Å². The minimum absolute atomic E-state index is 0.0299. The fourth-order valence-corrected chi connectivity index (χ4v) is 2.72. The molecule has 0 unspecified atom stereocenters. The highest BCUT2D eigenvalue weighted by atomic mass is 35.5. The molecule has 2 aromatic carbocycles. The molecule has 0 bridgehead atoms. The number of nitro groups is 1. The second-order valence-corrected chi connectivity index (χ2v) is 6.35. The van der Waals surface area contributed by atoms with Gasteiger partial charge in [-0.05, 0) is 24.3 Å². The molecule has 0 aliphatic rings. The molecule has 2 amide bonds. The summed E-state index contributed by atoms with van der Waals surface area (Å²) in [5.41, 5.74) is 1.24. The molecule has 3 rings (SSSR count). The van der Waals surface area contributed by atoms with Crippen LogP contribution in [-0.2, 0) is 0 Å². The third kappa shape index (κ3) is 4.96. The Morgan fingerprint density at radius 1 is 1.03 bits per heavy atom. The summed E-state index contributed by atoms with van der Waals surface area (Å²) in [5.74, 6) is -0.680. The first-order valence-electron chi connectivity index (χ1n) is 8.56. The maximum absolute atomic E-state index is 12.2. The average Bonchev–Trinajstić information content (AvgIpc) is 3.21. The minimum atomic E-state index is -0.490. The van der Waals surface area contributed by atoms with Crippen molar-refractivity contribution in [3.8, 4) is 5.69 Å². The Morgan fingerprint density at radius 2 is 1.69 bits per heavy atom. The zero-order valence-electron chi connectivity index (χ0n) is 15.0. The fourth-order valence-electron chi connectivity index (χ4n) is 2.50. The molecular formula is C19H16ClN5O4. The summed E-state index contributed by atoms with van der Waals surface area (Å²) in [6.07, 6.45) is 2.90. The molecule has 0 saturated carbocycles. The first-order chi connectivity index (χ1) is 14.0.